The van der Waals surface area contributed by atoms with Gasteiger partial charge in [0.05, 0.1) is 16.6 Å². The normalized spacial score (nSPS) is 14.8. The minimum Gasteiger partial charge on any atom is -0.337 e. The molecule has 9 aromatic rings. The van der Waals surface area contributed by atoms with Crippen LogP contribution < -0.4 is 9.80 Å². The molecule has 2 aliphatic rings. The number of nitrogens with zero attached hydrogens (tertiary/aromatic N) is 4. The molecule has 1 aliphatic heterocycles. The number of allylic oxidation sites excluding steroid dienone is 5. The molecule has 0 spiro atoms. The van der Waals surface area contributed by atoms with Gasteiger partial charge in [0.1, 0.15) is 0 Å². The van der Waals surface area contributed by atoms with Crippen molar-refractivity contribution in [3.05, 3.63) is 224 Å². The van der Waals surface area contributed by atoms with E-state index in [1.165, 1.54) is 49.7 Å². The molecule has 3 heterocycles. The van der Waals surface area contributed by atoms with Crippen molar-refractivity contribution < 1.29 is 0 Å². The highest BCUT2D eigenvalue weighted by molar-refractivity contribution is 6.09. The summed E-state index contributed by atoms with van der Waals surface area (Å²) in [4.78, 5) is 4.73. The van der Waals surface area contributed by atoms with Crippen LogP contribution in [0.4, 0.5) is 28.4 Å². The highest BCUT2D eigenvalue weighted by Gasteiger charge is 2.21. The molecule has 0 fully saturated rings. The second kappa shape index (κ2) is 14.4. The van der Waals surface area contributed by atoms with E-state index in [1.54, 1.807) is 0 Å². The summed E-state index contributed by atoms with van der Waals surface area (Å²) in [7, 11) is 0. The van der Waals surface area contributed by atoms with Crippen molar-refractivity contribution in [2.75, 3.05) is 16.3 Å². The van der Waals surface area contributed by atoms with Crippen LogP contribution in [0.1, 0.15) is 23.2 Å². The first-order chi connectivity index (χ1) is 29.2. The van der Waals surface area contributed by atoms with Crippen LogP contribution in [0, 0.1) is 0 Å². The third-order valence-corrected chi connectivity index (χ3v) is 12.0. The van der Waals surface area contributed by atoms with Gasteiger partial charge in [0.15, 0.2) is 0 Å². The van der Waals surface area contributed by atoms with Crippen molar-refractivity contribution in [1.29, 1.82) is 0 Å². The van der Waals surface area contributed by atoms with Crippen molar-refractivity contribution in [3.63, 3.8) is 0 Å². The number of hydrogen-bond donors (Lipinski definition) is 0. The SMILES string of the molecule is C=C1/C=C\C=C/CN(c2ccc(N(c3ccc(-n4c5c(c6ccccc64)C=CCC5)cc3)c3ccc(-n4c5ccccc5c5ccccc54)cc3)cc2)c2ccccc21. The van der Waals surface area contributed by atoms with E-state index in [1.807, 2.05) is 0 Å². The Morgan fingerprint density at radius 2 is 0.983 bits per heavy atom. The average Bonchev–Trinajstić information content (AvgIpc) is 3.84. The standard InChI is InChI=1S/C55H42N4/c1-39-15-3-2-14-38-56(51-21-9-4-16-46(39)51)40-26-28-41(29-27-40)57(42-30-34-44(35-31-42)58-52-22-10-5-17-47(52)48-18-6-11-23-53(48)58)43-32-36-45(37-33-43)59-54-24-12-7-19-49(54)50-20-8-13-25-55(50)59/h2-12,14-24,26-37H,1,13,25,38H2/b14-2-,15-3-. The number of para-hydroxylation sites is 4. The molecule has 0 bridgehead atoms. The van der Waals surface area contributed by atoms with Gasteiger partial charge in [-0.3, -0.25) is 0 Å². The molecule has 0 radical (unpaired) electrons. The fourth-order valence-electron chi connectivity index (χ4n) is 9.23. The molecule has 59 heavy (non-hydrogen) atoms. The smallest absolute Gasteiger partial charge is 0.0541 e. The van der Waals surface area contributed by atoms with Gasteiger partial charge in [-0.25, -0.2) is 0 Å². The van der Waals surface area contributed by atoms with Crippen LogP contribution in [0.5, 0.6) is 0 Å². The molecule has 1 aliphatic carbocycles. The first-order valence-electron chi connectivity index (χ1n) is 20.5. The van der Waals surface area contributed by atoms with Crippen molar-refractivity contribution in [2.24, 2.45) is 0 Å². The van der Waals surface area contributed by atoms with E-state index in [9.17, 15) is 0 Å². The van der Waals surface area contributed by atoms with Gasteiger partial charge in [0.25, 0.3) is 0 Å². The van der Waals surface area contributed by atoms with Crippen molar-refractivity contribution in [1.82, 2.24) is 9.13 Å². The minimum atomic E-state index is 0.747. The van der Waals surface area contributed by atoms with E-state index in [2.05, 4.69) is 232 Å². The average molecular weight is 759 g/mol. The first-order valence-corrected chi connectivity index (χ1v) is 20.5. The quantitative estimate of drug-likeness (QED) is 0.168. The highest BCUT2D eigenvalue weighted by atomic mass is 15.2. The van der Waals surface area contributed by atoms with Crippen LogP contribution in [-0.4, -0.2) is 15.7 Å². The second-order valence-corrected chi connectivity index (χ2v) is 15.3. The van der Waals surface area contributed by atoms with Crippen LogP contribution in [0.2, 0.25) is 0 Å². The number of aromatic nitrogens is 2. The Kier molecular flexibility index (Phi) is 8.48. The van der Waals surface area contributed by atoms with E-state index >= 15 is 0 Å². The molecular weight excluding hydrogens is 717 g/mol. The Hall–Kier alpha value is -7.56. The summed E-state index contributed by atoms with van der Waals surface area (Å²) >= 11 is 0. The summed E-state index contributed by atoms with van der Waals surface area (Å²) in [6, 6.07) is 61.8. The van der Waals surface area contributed by atoms with Gasteiger partial charge in [-0.1, -0.05) is 116 Å². The Morgan fingerprint density at radius 3 is 1.63 bits per heavy atom. The second-order valence-electron chi connectivity index (χ2n) is 15.3. The summed E-state index contributed by atoms with van der Waals surface area (Å²) in [6.07, 6.45) is 15.2. The van der Waals surface area contributed by atoms with E-state index in [0.29, 0.717) is 0 Å². The number of rotatable bonds is 6. The van der Waals surface area contributed by atoms with Gasteiger partial charge in [-0.05, 0) is 115 Å². The predicted molar refractivity (Wildman–Crippen MR) is 250 cm³/mol. The maximum Gasteiger partial charge on any atom is 0.0541 e. The number of hydrogen-bond acceptors (Lipinski definition) is 2. The summed E-state index contributed by atoms with van der Waals surface area (Å²) in [6.45, 7) is 5.13. The molecule has 4 nitrogen and oxygen atoms in total. The monoisotopic (exact) mass is 758 g/mol. The summed E-state index contributed by atoms with van der Waals surface area (Å²) < 4.78 is 4.83. The summed E-state index contributed by atoms with van der Waals surface area (Å²) in [5.41, 5.74) is 16.3. The van der Waals surface area contributed by atoms with Gasteiger partial charge >= 0.3 is 0 Å². The molecular formula is C55H42N4. The lowest BCUT2D eigenvalue weighted by Crippen LogP contribution is -2.18. The zero-order valence-corrected chi connectivity index (χ0v) is 32.7. The van der Waals surface area contributed by atoms with E-state index in [0.717, 1.165) is 64.6 Å². The molecule has 282 valence electrons. The predicted octanol–water partition coefficient (Wildman–Crippen LogP) is 14.4. The molecule has 0 unspecified atom stereocenters. The molecule has 0 N–H and O–H groups in total. The van der Waals surface area contributed by atoms with E-state index < -0.39 is 0 Å². The van der Waals surface area contributed by atoms with Crippen LogP contribution in [0.25, 0.3) is 55.7 Å². The first kappa shape index (κ1) is 34.7. The summed E-state index contributed by atoms with van der Waals surface area (Å²) in [5.74, 6) is 0. The van der Waals surface area contributed by atoms with Crippen LogP contribution in [0.15, 0.2) is 207 Å². The van der Waals surface area contributed by atoms with Crippen LogP contribution in [-0.2, 0) is 6.42 Å². The molecule has 0 saturated heterocycles. The van der Waals surface area contributed by atoms with E-state index in [-0.39, 0.29) is 0 Å². The van der Waals surface area contributed by atoms with Crippen LogP contribution in [0.3, 0.4) is 0 Å². The molecule has 0 atom stereocenters. The lowest BCUT2D eigenvalue weighted by atomic mass is 10.0. The Bertz CT molecular complexity index is 3080. The molecule has 0 amide bonds. The molecule has 7 aromatic carbocycles. The van der Waals surface area contributed by atoms with Crippen molar-refractivity contribution in [3.8, 4) is 11.4 Å². The largest absolute Gasteiger partial charge is 0.337 e. The molecule has 0 saturated carbocycles. The lowest BCUT2D eigenvalue weighted by Gasteiger charge is -2.29. The highest BCUT2D eigenvalue weighted by Crippen LogP contribution is 2.41. The van der Waals surface area contributed by atoms with Gasteiger partial charge in [-0.15, -0.1) is 0 Å². The maximum atomic E-state index is 4.38. The molecule has 2 aromatic heterocycles. The third kappa shape index (κ3) is 5.92. The number of anilines is 5. The Balaban J connectivity index is 1.02. The zero-order valence-electron chi connectivity index (χ0n) is 32.7. The fraction of sp³-hybridized carbons (Fsp3) is 0.0545. The number of benzene rings is 7. The minimum absolute atomic E-state index is 0.747. The Labute approximate surface area is 344 Å². The third-order valence-electron chi connectivity index (χ3n) is 12.0. The van der Waals surface area contributed by atoms with Gasteiger partial charge < -0.3 is 18.9 Å². The maximum absolute atomic E-state index is 4.38. The fourth-order valence-corrected chi connectivity index (χ4v) is 9.23. The molecule has 11 rings (SSSR count). The topological polar surface area (TPSA) is 16.3 Å². The van der Waals surface area contributed by atoms with Gasteiger partial charge in [-0.2, -0.15) is 0 Å². The van der Waals surface area contributed by atoms with Crippen LogP contribution >= 0.6 is 0 Å². The molecule has 4 heteroatoms. The van der Waals surface area contributed by atoms with Gasteiger partial charge in [0, 0.05) is 79.3 Å². The lowest BCUT2D eigenvalue weighted by molar-refractivity contribution is 0.888. The van der Waals surface area contributed by atoms with E-state index in [4.69, 9.17) is 0 Å². The van der Waals surface area contributed by atoms with Crippen molar-refractivity contribution in [2.45, 2.75) is 12.8 Å². The number of fused-ring (bicyclic) bond motifs is 7. The zero-order chi connectivity index (χ0) is 39.3. The Morgan fingerprint density at radius 1 is 0.458 bits per heavy atom. The van der Waals surface area contributed by atoms with Gasteiger partial charge in [0.2, 0.25) is 0 Å². The summed E-state index contributed by atoms with van der Waals surface area (Å²) in [5, 5.41) is 3.83. The van der Waals surface area contributed by atoms with Crippen molar-refractivity contribution >= 4 is 72.8 Å².